The van der Waals surface area contributed by atoms with Crippen molar-refractivity contribution >= 4 is 21.6 Å². The summed E-state index contributed by atoms with van der Waals surface area (Å²) in [5.41, 5.74) is 0. The van der Waals surface area contributed by atoms with E-state index in [1.165, 1.54) is 23.5 Å². The molecule has 0 spiro atoms. The summed E-state index contributed by atoms with van der Waals surface area (Å²) in [5, 5.41) is 3.58. The minimum atomic E-state index is -3.51. The molecule has 1 aromatic rings. The van der Waals surface area contributed by atoms with E-state index in [9.17, 15) is 8.42 Å². The maximum Gasteiger partial charge on any atom is 0.242 e. The third-order valence-corrected chi connectivity index (χ3v) is 5.92. The molecule has 0 saturated carbocycles. The van der Waals surface area contributed by atoms with Gasteiger partial charge in [-0.3, -0.25) is 0 Å². The summed E-state index contributed by atoms with van der Waals surface area (Å²) < 4.78 is 31.6. The van der Waals surface area contributed by atoms with Crippen LogP contribution < -0.4 is 10.1 Å². The van der Waals surface area contributed by atoms with E-state index in [2.05, 4.69) is 5.32 Å². The second-order valence-electron chi connectivity index (χ2n) is 5.28. The van der Waals surface area contributed by atoms with Gasteiger partial charge >= 0.3 is 0 Å². The Balaban J connectivity index is 2.14. The molecule has 21 heavy (non-hydrogen) atoms. The van der Waals surface area contributed by atoms with E-state index >= 15 is 0 Å². The largest absolute Gasteiger partial charge is 0.495 e. The zero-order valence-corrected chi connectivity index (χ0v) is 13.9. The van der Waals surface area contributed by atoms with E-state index in [1.54, 1.807) is 13.1 Å². The highest BCUT2D eigenvalue weighted by Gasteiger charge is 2.25. The lowest BCUT2D eigenvalue weighted by atomic mass is 9.98. The molecule has 1 saturated heterocycles. The van der Waals surface area contributed by atoms with Gasteiger partial charge in [0.2, 0.25) is 10.0 Å². The van der Waals surface area contributed by atoms with Crippen LogP contribution in [-0.4, -0.2) is 46.5 Å². The summed E-state index contributed by atoms with van der Waals surface area (Å²) >= 11 is 6.02. The van der Waals surface area contributed by atoms with Crippen LogP contribution in [0, 0.1) is 5.92 Å². The Morgan fingerprint density at radius 2 is 2.05 bits per heavy atom. The predicted molar refractivity (Wildman–Crippen MR) is 83.4 cm³/mol. The van der Waals surface area contributed by atoms with Gasteiger partial charge in [-0.2, -0.15) is 0 Å². The van der Waals surface area contributed by atoms with Crippen LogP contribution in [0.5, 0.6) is 5.75 Å². The van der Waals surface area contributed by atoms with E-state index in [4.69, 9.17) is 16.3 Å². The Labute approximate surface area is 131 Å². The van der Waals surface area contributed by atoms with Gasteiger partial charge in [0, 0.05) is 13.6 Å². The Kier molecular flexibility index (Phi) is 5.48. The first-order valence-corrected chi connectivity index (χ1v) is 8.77. The number of benzene rings is 1. The number of nitrogens with one attached hydrogen (secondary N) is 1. The summed E-state index contributed by atoms with van der Waals surface area (Å²) in [5.74, 6) is 0.872. The molecule has 1 aliphatic rings. The molecular weight excluding hydrogens is 312 g/mol. The highest BCUT2D eigenvalue weighted by atomic mass is 35.5. The van der Waals surface area contributed by atoms with Crippen LogP contribution in [0.25, 0.3) is 0 Å². The maximum absolute atomic E-state index is 12.6. The third-order valence-electron chi connectivity index (χ3n) is 3.81. The molecule has 0 unspecified atom stereocenters. The van der Waals surface area contributed by atoms with Crippen molar-refractivity contribution in [3.63, 3.8) is 0 Å². The van der Waals surface area contributed by atoms with E-state index in [0.29, 0.717) is 23.2 Å². The number of hydrogen-bond donors (Lipinski definition) is 1. The summed E-state index contributed by atoms with van der Waals surface area (Å²) in [6.07, 6.45) is 2.01. The van der Waals surface area contributed by atoms with Crippen molar-refractivity contribution in [3.8, 4) is 5.75 Å². The molecule has 0 aromatic heterocycles. The number of ether oxygens (including phenoxy) is 1. The average Bonchev–Trinajstić information content (AvgIpc) is 2.48. The number of halogens is 1. The first-order valence-electron chi connectivity index (χ1n) is 6.95. The van der Waals surface area contributed by atoms with Crippen LogP contribution in [0.4, 0.5) is 0 Å². The maximum atomic E-state index is 12.6. The third kappa shape index (κ3) is 3.88. The fourth-order valence-electron chi connectivity index (χ4n) is 2.51. The topological polar surface area (TPSA) is 58.6 Å². The van der Waals surface area contributed by atoms with Crippen LogP contribution in [0.15, 0.2) is 23.1 Å². The second kappa shape index (κ2) is 6.96. The normalized spacial score (nSPS) is 17.1. The monoisotopic (exact) mass is 332 g/mol. The smallest absolute Gasteiger partial charge is 0.242 e. The number of rotatable bonds is 5. The molecule has 1 fully saturated rings. The molecule has 1 aliphatic heterocycles. The number of hydrogen-bond acceptors (Lipinski definition) is 4. The molecule has 118 valence electrons. The van der Waals surface area contributed by atoms with Crippen LogP contribution in [0.3, 0.4) is 0 Å². The fourth-order valence-corrected chi connectivity index (χ4v) is 4.11. The number of sulfonamides is 1. The Morgan fingerprint density at radius 1 is 1.38 bits per heavy atom. The quantitative estimate of drug-likeness (QED) is 0.895. The highest BCUT2D eigenvalue weighted by molar-refractivity contribution is 7.89. The summed E-state index contributed by atoms with van der Waals surface area (Å²) in [4.78, 5) is 0.199. The summed E-state index contributed by atoms with van der Waals surface area (Å²) in [6.45, 7) is 2.44. The molecule has 1 heterocycles. The SMILES string of the molecule is COc1ccc(S(=O)(=O)N(C)CC2CCNCC2)cc1Cl. The van der Waals surface area contributed by atoms with Gasteiger partial charge in [-0.25, -0.2) is 12.7 Å². The molecule has 0 bridgehead atoms. The van der Waals surface area contributed by atoms with Crippen LogP contribution in [0.2, 0.25) is 5.02 Å². The lowest BCUT2D eigenvalue weighted by Crippen LogP contribution is -2.37. The standard InChI is InChI=1S/C14H21ClN2O3S/c1-17(10-11-5-7-16-8-6-11)21(18,19)12-3-4-14(20-2)13(15)9-12/h3-4,9,11,16H,5-8,10H2,1-2H3. The van der Waals surface area contributed by atoms with Crippen molar-refractivity contribution < 1.29 is 13.2 Å². The number of nitrogens with zero attached hydrogens (tertiary/aromatic N) is 1. The zero-order chi connectivity index (χ0) is 15.5. The summed E-state index contributed by atoms with van der Waals surface area (Å²) in [6, 6.07) is 4.54. The Morgan fingerprint density at radius 3 is 2.62 bits per heavy atom. The van der Waals surface area contributed by atoms with Crippen molar-refractivity contribution in [3.05, 3.63) is 23.2 Å². The van der Waals surface area contributed by atoms with Crippen LogP contribution in [0.1, 0.15) is 12.8 Å². The first kappa shape index (κ1) is 16.5. The Hall–Kier alpha value is -0.820. The molecular formula is C14H21ClN2O3S. The molecule has 1 N–H and O–H groups in total. The van der Waals surface area contributed by atoms with E-state index in [-0.39, 0.29) is 4.90 Å². The van der Waals surface area contributed by atoms with Gasteiger partial charge < -0.3 is 10.1 Å². The van der Waals surface area contributed by atoms with Crippen molar-refractivity contribution in [1.82, 2.24) is 9.62 Å². The molecule has 2 rings (SSSR count). The van der Waals surface area contributed by atoms with Gasteiger partial charge in [0.1, 0.15) is 5.75 Å². The van der Waals surface area contributed by atoms with E-state index in [0.717, 1.165) is 25.9 Å². The lowest BCUT2D eigenvalue weighted by molar-refractivity contribution is 0.311. The Bertz CT molecular complexity index is 586. The minimum Gasteiger partial charge on any atom is -0.495 e. The lowest BCUT2D eigenvalue weighted by Gasteiger charge is -2.27. The van der Waals surface area contributed by atoms with Crippen LogP contribution in [-0.2, 0) is 10.0 Å². The van der Waals surface area contributed by atoms with Gasteiger partial charge in [0.25, 0.3) is 0 Å². The summed E-state index contributed by atoms with van der Waals surface area (Å²) in [7, 11) is -0.394. The first-order chi connectivity index (χ1) is 9.95. The molecule has 0 aliphatic carbocycles. The van der Waals surface area contributed by atoms with E-state index in [1.807, 2.05) is 0 Å². The zero-order valence-electron chi connectivity index (χ0n) is 12.3. The van der Waals surface area contributed by atoms with Crippen molar-refractivity contribution in [2.45, 2.75) is 17.7 Å². The number of methoxy groups -OCH3 is 1. The van der Waals surface area contributed by atoms with Gasteiger partial charge in [0.15, 0.2) is 0 Å². The van der Waals surface area contributed by atoms with Crippen LogP contribution >= 0.6 is 11.6 Å². The number of piperidine rings is 1. The van der Waals surface area contributed by atoms with Gasteiger partial charge in [-0.15, -0.1) is 0 Å². The predicted octanol–water partition coefficient (Wildman–Crippen LogP) is 1.97. The van der Waals surface area contributed by atoms with Crippen molar-refractivity contribution in [1.29, 1.82) is 0 Å². The molecule has 1 aromatic carbocycles. The molecule has 7 heteroatoms. The van der Waals surface area contributed by atoms with Gasteiger partial charge in [0.05, 0.1) is 17.0 Å². The average molecular weight is 333 g/mol. The second-order valence-corrected chi connectivity index (χ2v) is 7.73. The minimum absolute atomic E-state index is 0.199. The van der Waals surface area contributed by atoms with Crippen molar-refractivity contribution in [2.75, 3.05) is 33.8 Å². The van der Waals surface area contributed by atoms with Crippen molar-refractivity contribution in [2.24, 2.45) is 5.92 Å². The van der Waals surface area contributed by atoms with Gasteiger partial charge in [-0.1, -0.05) is 11.6 Å². The van der Waals surface area contributed by atoms with Gasteiger partial charge in [-0.05, 0) is 50.0 Å². The highest BCUT2D eigenvalue weighted by Crippen LogP contribution is 2.28. The molecule has 0 radical (unpaired) electrons. The van der Waals surface area contributed by atoms with E-state index < -0.39 is 10.0 Å². The molecule has 0 amide bonds. The molecule has 5 nitrogen and oxygen atoms in total. The fraction of sp³-hybridized carbons (Fsp3) is 0.571. The molecule has 0 atom stereocenters.